The Kier molecular flexibility index (Phi) is 11.4. The van der Waals surface area contributed by atoms with E-state index in [0.717, 1.165) is 32.5 Å². The van der Waals surface area contributed by atoms with Gasteiger partial charge in [-0.15, -0.1) is 0 Å². The first-order chi connectivity index (χ1) is 13.5. The Morgan fingerprint density at radius 2 is 1.96 bits per heavy atom. The minimum Gasteiger partial charge on any atom is -0.490 e. The van der Waals surface area contributed by atoms with Gasteiger partial charge in [-0.3, -0.25) is 10.0 Å². The third kappa shape index (κ3) is 8.88. The molecule has 1 rings (SSSR count). The highest BCUT2D eigenvalue weighted by Crippen LogP contribution is 2.26. The molecule has 0 aliphatic carbocycles. The summed E-state index contributed by atoms with van der Waals surface area (Å²) in [6.07, 6.45) is 4.62. The highest BCUT2D eigenvalue weighted by atomic mass is 16.5. The van der Waals surface area contributed by atoms with Gasteiger partial charge in [-0.05, 0) is 43.3 Å². The van der Waals surface area contributed by atoms with E-state index in [4.69, 9.17) is 9.94 Å². The molecular weight excluding hydrogens is 360 g/mol. The standard InChI is InChI=1S/C20H32N4O4/c1-4-7-12-21-20(26)22-17-15-16(9-11-19(25)23-27)8-10-18(17)28-14-13-24(5-2)6-3/h8-11,15,27H,4-7,12-14H2,1-3H3,(H,23,25)(H2,21,22,26)/b11-9+. The molecule has 0 radical (unpaired) electrons. The maximum atomic E-state index is 12.1. The molecule has 0 aromatic heterocycles. The van der Waals surface area contributed by atoms with Crippen LogP contribution in [0.4, 0.5) is 10.5 Å². The predicted octanol–water partition coefficient (Wildman–Crippen LogP) is 2.85. The molecule has 0 aliphatic rings. The zero-order valence-electron chi connectivity index (χ0n) is 17.0. The second kappa shape index (κ2) is 13.6. The summed E-state index contributed by atoms with van der Waals surface area (Å²) in [5.74, 6) is -0.0760. The Bertz CT molecular complexity index is 645. The number of ether oxygens (including phenoxy) is 1. The van der Waals surface area contributed by atoms with E-state index in [-0.39, 0.29) is 6.03 Å². The lowest BCUT2D eigenvalue weighted by Crippen LogP contribution is -2.30. The second-order valence-electron chi connectivity index (χ2n) is 6.17. The van der Waals surface area contributed by atoms with Crippen LogP contribution in [-0.2, 0) is 4.79 Å². The summed E-state index contributed by atoms with van der Waals surface area (Å²) in [5, 5.41) is 14.2. The van der Waals surface area contributed by atoms with Crippen molar-refractivity contribution in [1.82, 2.24) is 15.7 Å². The summed E-state index contributed by atoms with van der Waals surface area (Å²) < 4.78 is 5.87. The van der Waals surface area contributed by atoms with Gasteiger partial charge >= 0.3 is 6.03 Å². The number of carbonyl (C=O) groups is 2. The van der Waals surface area contributed by atoms with Crippen LogP contribution in [0.25, 0.3) is 6.08 Å². The quantitative estimate of drug-likeness (QED) is 0.190. The number of hydroxylamine groups is 1. The number of rotatable bonds is 12. The van der Waals surface area contributed by atoms with Crippen LogP contribution in [0.15, 0.2) is 24.3 Å². The number of likely N-dealkylation sites (N-methyl/N-ethyl adjacent to an activating group) is 1. The molecule has 1 aromatic carbocycles. The Labute approximate surface area is 166 Å². The largest absolute Gasteiger partial charge is 0.490 e. The maximum absolute atomic E-state index is 12.1. The van der Waals surface area contributed by atoms with Gasteiger partial charge < -0.3 is 20.3 Å². The molecule has 8 heteroatoms. The first kappa shape index (κ1) is 23.5. The van der Waals surface area contributed by atoms with Gasteiger partial charge in [-0.25, -0.2) is 10.3 Å². The maximum Gasteiger partial charge on any atom is 0.319 e. The normalized spacial score (nSPS) is 10.9. The average Bonchev–Trinajstić information content (AvgIpc) is 2.70. The van der Waals surface area contributed by atoms with Crippen LogP contribution in [0.2, 0.25) is 0 Å². The third-order valence-corrected chi connectivity index (χ3v) is 4.16. The molecule has 0 saturated carbocycles. The van der Waals surface area contributed by atoms with Crippen LogP contribution in [0.5, 0.6) is 5.75 Å². The number of amides is 3. The van der Waals surface area contributed by atoms with Gasteiger partial charge in [0.2, 0.25) is 0 Å². The number of nitrogens with zero attached hydrogens (tertiary/aromatic N) is 1. The summed E-state index contributed by atoms with van der Waals surface area (Å²) in [4.78, 5) is 25.5. The van der Waals surface area contributed by atoms with Crippen LogP contribution in [0.1, 0.15) is 39.2 Å². The van der Waals surface area contributed by atoms with E-state index in [1.807, 2.05) is 0 Å². The molecule has 0 saturated heterocycles. The summed E-state index contributed by atoms with van der Waals surface area (Å²) in [7, 11) is 0. The fourth-order valence-corrected chi connectivity index (χ4v) is 2.45. The second-order valence-corrected chi connectivity index (χ2v) is 6.17. The van der Waals surface area contributed by atoms with E-state index in [0.29, 0.717) is 30.2 Å². The number of hydrogen-bond donors (Lipinski definition) is 4. The Morgan fingerprint density at radius 1 is 1.21 bits per heavy atom. The lowest BCUT2D eigenvalue weighted by molar-refractivity contribution is -0.124. The molecule has 28 heavy (non-hydrogen) atoms. The first-order valence-corrected chi connectivity index (χ1v) is 9.70. The van der Waals surface area contributed by atoms with Crippen molar-refractivity contribution < 1.29 is 19.5 Å². The highest BCUT2D eigenvalue weighted by Gasteiger charge is 2.09. The number of urea groups is 1. The van der Waals surface area contributed by atoms with Crippen molar-refractivity contribution in [3.8, 4) is 5.75 Å². The van der Waals surface area contributed by atoms with Crippen LogP contribution in [0, 0.1) is 0 Å². The molecule has 0 heterocycles. The van der Waals surface area contributed by atoms with Crippen molar-refractivity contribution in [2.45, 2.75) is 33.6 Å². The Hall–Kier alpha value is -2.58. The molecule has 0 spiro atoms. The number of benzene rings is 1. The molecule has 4 N–H and O–H groups in total. The molecule has 0 fully saturated rings. The van der Waals surface area contributed by atoms with E-state index in [1.54, 1.807) is 18.2 Å². The van der Waals surface area contributed by atoms with E-state index >= 15 is 0 Å². The zero-order valence-corrected chi connectivity index (χ0v) is 17.0. The van der Waals surface area contributed by atoms with Crippen molar-refractivity contribution in [2.24, 2.45) is 0 Å². The smallest absolute Gasteiger partial charge is 0.319 e. The molecule has 3 amide bonds. The Balaban J connectivity index is 2.87. The van der Waals surface area contributed by atoms with Gasteiger partial charge in [0.25, 0.3) is 5.91 Å². The molecule has 0 bridgehead atoms. The van der Waals surface area contributed by atoms with Gasteiger partial charge in [-0.1, -0.05) is 33.3 Å². The van der Waals surface area contributed by atoms with Crippen molar-refractivity contribution in [2.75, 3.05) is 38.1 Å². The van der Waals surface area contributed by atoms with E-state index in [1.165, 1.54) is 17.6 Å². The minimum absolute atomic E-state index is 0.309. The average molecular weight is 393 g/mol. The summed E-state index contributed by atoms with van der Waals surface area (Å²) >= 11 is 0. The number of carbonyl (C=O) groups excluding carboxylic acids is 2. The molecule has 1 aromatic rings. The molecule has 8 nitrogen and oxygen atoms in total. The SMILES string of the molecule is CCCCNC(=O)Nc1cc(/C=C/C(=O)NO)ccc1OCCN(CC)CC. The molecule has 0 unspecified atom stereocenters. The zero-order chi connectivity index (χ0) is 20.8. The van der Waals surface area contributed by atoms with Crippen LogP contribution in [0.3, 0.4) is 0 Å². The summed E-state index contributed by atoms with van der Waals surface area (Å²) in [5.41, 5.74) is 2.73. The monoisotopic (exact) mass is 392 g/mol. The fraction of sp³-hybridized carbons (Fsp3) is 0.500. The van der Waals surface area contributed by atoms with Gasteiger partial charge in [0.1, 0.15) is 12.4 Å². The van der Waals surface area contributed by atoms with Crippen LogP contribution < -0.4 is 20.9 Å². The van der Waals surface area contributed by atoms with Crippen molar-refractivity contribution >= 4 is 23.7 Å². The number of nitrogens with one attached hydrogen (secondary N) is 3. The first-order valence-electron chi connectivity index (χ1n) is 9.70. The van der Waals surface area contributed by atoms with Crippen LogP contribution >= 0.6 is 0 Å². The number of unbranched alkanes of at least 4 members (excludes halogenated alkanes) is 1. The predicted molar refractivity (Wildman–Crippen MR) is 111 cm³/mol. The van der Waals surface area contributed by atoms with Crippen molar-refractivity contribution in [3.05, 3.63) is 29.8 Å². The number of anilines is 1. The van der Waals surface area contributed by atoms with E-state index < -0.39 is 5.91 Å². The molecular formula is C20H32N4O4. The Morgan fingerprint density at radius 3 is 2.61 bits per heavy atom. The topological polar surface area (TPSA) is 103 Å². The van der Waals surface area contributed by atoms with Crippen molar-refractivity contribution in [1.29, 1.82) is 0 Å². The van der Waals surface area contributed by atoms with Gasteiger partial charge in [0.05, 0.1) is 5.69 Å². The number of hydrogen-bond acceptors (Lipinski definition) is 5. The van der Waals surface area contributed by atoms with Gasteiger partial charge in [-0.2, -0.15) is 0 Å². The summed E-state index contributed by atoms with van der Waals surface area (Å²) in [6.45, 7) is 10.0. The lowest BCUT2D eigenvalue weighted by Gasteiger charge is -2.19. The van der Waals surface area contributed by atoms with Crippen molar-refractivity contribution in [3.63, 3.8) is 0 Å². The lowest BCUT2D eigenvalue weighted by atomic mass is 10.1. The summed E-state index contributed by atoms with van der Waals surface area (Å²) in [6, 6.07) is 4.93. The van der Waals surface area contributed by atoms with E-state index in [9.17, 15) is 9.59 Å². The van der Waals surface area contributed by atoms with Gasteiger partial charge in [0, 0.05) is 19.2 Å². The highest BCUT2D eigenvalue weighted by molar-refractivity contribution is 5.93. The molecule has 156 valence electrons. The fourth-order valence-electron chi connectivity index (χ4n) is 2.45. The molecule has 0 aliphatic heterocycles. The minimum atomic E-state index is -0.633. The third-order valence-electron chi connectivity index (χ3n) is 4.16. The molecule has 0 atom stereocenters. The van der Waals surface area contributed by atoms with Gasteiger partial charge in [0.15, 0.2) is 0 Å². The van der Waals surface area contributed by atoms with E-state index in [2.05, 4.69) is 36.3 Å². The van der Waals surface area contributed by atoms with Crippen LogP contribution in [-0.4, -0.2) is 54.8 Å².